The van der Waals surface area contributed by atoms with Gasteiger partial charge in [0.15, 0.2) is 0 Å². The summed E-state index contributed by atoms with van der Waals surface area (Å²) >= 11 is 0. The van der Waals surface area contributed by atoms with Gasteiger partial charge in [-0.15, -0.1) is 0 Å². The Hall–Kier alpha value is -1.42. The molecule has 0 aliphatic rings. The van der Waals surface area contributed by atoms with E-state index < -0.39 is 11.8 Å². The van der Waals surface area contributed by atoms with Gasteiger partial charge in [0.2, 0.25) is 0 Å². The lowest BCUT2D eigenvalue weighted by Gasteiger charge is -2.05. The van der Waals surface area contributed by atoms with Gasteiger partial charge in [-0.2, -0.15) is 0 Å². The van der Waals surface area contributed by atoms with E-state index in [9.17, 15) is 9.18 Å². The maximum Gasteiger partial charge on any atom is 0.335 e. The Morgan fingerprint density at radius 2 is 2.19 bits per heavy atom. The minimum atomic E-state index is -1.13. The predicted molar refractivity (Wildman–Crippen MR) is 57.9 cm³/mol. The van der Waals surface area contributed by atoms with E-state index in [4.69, 9.17) is 9.84 Å². The average molecular weight is 226 g/mol. The maximum absolute atomic E-state index is 13.0. The highest BCUT2D eigenvalue weighted by Crippen LogP contribution is 2.10. The summed E-state index contributed by atoms with van der Waals surface area (Å²) in [7, 11) is 0. The molecule has 0 atom stereocenters. The normalized spacial score (nSPS) is 10.4. The monoisotopic (exact) mass is 226 g/mol. The number of hydrogen-bond donors (Lipinski definition) is 1. The summed E-state index contributed by atoms with van der Waals surface area (Å²) in [6.45, 7) is 2.90. The molecule has 88 valence electrons. The van der Waals surface area contributed by atoms with E-state index in [2.05, 4.69) is 0 Å². The highest BCUT2D eigenvalue weighted by molar-refractivity contribution is 5.87. The second kappa shape index (κ2) is 6.23. The summed E-state index contributed by atoms with van der Waals surface area (Å²) in [6, 6.07) is 3.72. The minimum Gasteiger partial charge on any atom is -0.478 e. The van der Waals surface area contributed by atoms with E-state index in [1.165, 1.54) is 12.1 Å². The number of hydrogen-bond acceptors (Lipinski definition) is 2. The Balaban J connectivity index is 2.62. The van der Waals surface area contributed by atoms with Gasteiger partial charge in [-0.05, 0) is 30.2 Å². The third kappa shape index (κ3) is 3.98. The second-order valence-electron chi connectivity index (χ2n) is 3.56. The summed E-state index contributed by atoms with van der Waals surface area (Å²) in [5.74, 6) is -1.68. The Kier molecular flexibility index (Phi) is 4.92. The van der Waals surface area contributed by atoms with Gasteiger partial charge < -0.3 is 9.84 Å². The quantitative estimate of drug-likeness (QED) is 0.759. The van der Waals surface area contributed by atoms with Gasteiger partial charge in [-0.3, -0.25) is 0 Å². The molecule has 0 fully saturated rings. The van der Waals surface area contributed by atoms with Crippen LogP contribution in [0.15, 0.2) is 18.2 Å². The molecule has 1 aromatic carbocycles. The van der Waals surface area contributed by atoms with Crippen molar-refractivity contribution in [2.45, 2.75) is 26.4 Å². The molecule has 0 amide bonds. The van der Waals surface area contributed by atoms with Crippen molar-refractivity contribution in [3.8, 4) is 0 Å². The van der Waals surface area contributed by atoms with Crippen LogP contribution in [0.2, 0.25) is 0 Å². The fourth-order valence-electron chi connectivity index (χ4n) is 1.29. The first-order chi connectivity index (χ1) is 7.63. The highest BCUT2D eigenvalue weighted by Gasteiger charge is 2.06. The molecule has 0 aliphatic heterocycles. The van der Waals surface area contributed by atoms with Crippen LogP contribution in [0, 0.1) is 5.82 Å². The Labute approximate surface area is 93.9 Å². The van der Waals surface area contributed by atoms with Crippen LogP contribution in [-0.2, 0) is 11.3 Å². The maximum atomic E-state index is 13.0. The molecule has 0 saturated carbocycles. The molecular weight excluding hydrogens is 211 g/mol. The van der Waals surface area contributed by atoms with Crippen molar-refractivity contribution in [3.63, 3.8) is 0 Å². The van der Waals surface area contributed by atoms with Gasteiger partial charge in [0.25, 0.3) is 0 Å². The minimum absolute atomic E-state index is 0.0471. The molecule has 16 heavy (non-hydrogen) atoms. The zero-order valence-corrected chi connectivity index (χ0v) is 9.20. The molecule has 0 unspecified atom stereocenters. The third-order valence-corrected chi connectivity index (χ3v) is 2.12. The molecule has 0 radical (unpaired) electrons. The SMILES string of the molecule is CCCCOCc1cc(F)cc(C(=O)O)c1. The molecule has 3 nitrogen and oxygen atoms in total. The molecule has 0 heterocycles. The van der Waals surface area contributed by atoms with E-state index in [0.29, 0.717) is 12.2 Å². The van der Waals surface area contributed by atoms with E-state index in [-0.39, 0.29) is 12.2 Å². The number of unbranched alkanes of at least 4 members (excludes halogenated alkanes) is 1. The Morgan fingerprint density at radius 1 is 1.44 bits per heavy atom. The smallest absolute Gasteiger partial charge is 0.335 e. The average Bonchev–Trinajstić information content (AvgIpc) is 2.23. The molecule has 0 spiro atoms. The number of carbonyl (C=O) groups is 1. The number of rotatable bonds is 6. The standard InChI is InChI=1S/C12H15FO3/c1-2-3-4-16-8-9-5-10(12(14)15)7-11(13)6-9/h5-7H,2-4,8H2,1H3,(H,14,15). The summed E-state index contributed by atoms with van der Waals surface area (Å²) in [4.78, 5) is 10.7. The van der Waals surface area contributed by atoms with E-state index in [0.717, 1.165) is 18.9 Å². The summed E-state index contributed by atoms with van der Waals surface area (Å²) in [5.41, 5.74) is 0.502. The molecule has 0 aliphatic carbocycles. The van der Waals surface area contributed by atoms with Crippen LogP contribution in [-0.4, -0.2) is 17.7 Å². The zero-order valence-electron chi connectivity index (χ0n) is 9.20. The third-order valence-electron chi connectivity index (χ3n) is 2.12. The first kappa shape index (κ1) is 12.6. The van der Waals surface area contributed by atoms with Gasteiger partial charge in [0, 0.05) is 6.61 Å². The Bertz CT molecular complexity index is 363. The van der Waals surface area contributed by atoms with Crippen LogP contribution in [0.5, 0.6) is 0 Å². The van der Waals surface area contributed by atoms with Gasteiger partial charge in [-0.1, -0.05) is 13.3 Å². The zero-order chi connectivity index (χ0) is 12.0. The van der Waals surface area contributed by atoms with Gasteiger partial charge >= 0.3 is 5.97 Å². The summed E-state index contributed by atoms with van der Waals surface area (Å²) in [5, 5.41) is 8.74. The van der Waals surface area contributed by atoms with Crippen LogP contribution in [0.4, 0.5) is 4.39 Å². The molecule has 0 saturated heterocycles. The summed E-state index contributed by atoms with van der Waals surface area (Å²) in [6.07, 6.45) is 1.98. The molecule has 1 N–H and O–H groups in total. The lowest BCUT2D eigenvalue weighted by Crippen LogP contribution is -2.01. The van der Waals surface area contributed by atoms with Crippen molar-refractivity contribution >= 4 is 5.97 Å². The molecule has 0 aromatic heterocycles. The molecule has 0 bridgehead atoms. The molecule has 1 aromatic rings. The van der Waals surface area contributed by atoms with Crippen molar-refractivity contribution in [2.75, 3.05) is 6.61 Å². The van der Waals surface area contributed by atoms with Crippen molar-refractivity contribution in [1.29, 1.82) is 0 Å². The van der Waals surface area contributed by atoms with E-state index in [1.54, 1.807) is 0 Å². The van der Waals surface area contributed by atoms with Crippen molar-refractivity contribution in [1.82, 2.24) is 0 Å². The number of aromatic carboxylic acids is 1. The number of carboxylic acids is 1. The van der Waals surface area contributed by atoms with Crippen LogP contribution >= 0.6 is 0 Å². The van der Waals surface area contributed by atoms with Gasteiger partial charge in [0.1, 0.15) is 5.82 Å². The number of carboxylic acid groups (broad SMARTS) is 1. The van der Waals surface area contributed by atoms with Crippen LogP contribution in [0.25, 0.3) is 0 Å². The first-order valence-electron chi connectivity index (χ1n) is 5.24. The van der Waals surface area contributed by atoms with Crippen LogP contribution in [0.1, 0.15) is 35.7 Å². The summed E-state index contributed by atoms with van der Waals surface area (Å²) < 4.78 is 18.3. The lowest BCUT2D eigenvalue weighted by atomic mass is 10.1. The largest absolute Gasteiger partial charge is 0.478 e. The van der Waals surface area contributed by atoms with Crippen molar-refractivity contribution in [2.24, 2.45) is 0 Å². The number of halogens is 1. The van der Waals surface area contributed by atoms with Crippen LogP contribution < -0.4 is 0 Å². The molecule has 1 rings (SSSR count). The highest BCUT2D eigenvalue weighted by atomic mass is 19.1. The first-order valence-corrected chi connectivity index (χ1v) is 5.24. The number of benzene rings is 1. The van der Waals surface area contributed by atoms with E-state index >= 15 is 0 Å². The van der Waals surface area contributed by atoms with Gasteiger partial charge in [-0.25, -0.2) is 9.18 Å². The topological polar surface area (TPSA) is 46.5 Å². The fourth-order valence-corrected chi connectivity index (χ4v) is 1.29. The van der Waals surface area contributed by atoms with Crippen LogP contribution in [0.3, 0.4) is 0 Å². The van der Waals surface area contributed by atoms with Gasteiger partial charge in [0.05, 0.1) is 12.2 Å². The Morgan fingerprint density at radius 3 is 2.81 bits per heavy atom. The van der Waals surface area contributed by atoms with Crippen molar-refractivity contribution < 1.29 is 19.0 Å². The lowest BCUT2D eigenvalue weighted by molar-refractivity contribution is 0.0695. The molecule has 4 heteroatoms. The second-order valence-corrected chi connectivity index (χ2v) is 3.56. The fraction of sp³-hybridized carbons (Fsp3) is 0.417. The van der Waals surface area contributed by atoms with E-state index in [1.807, 2.05) is 6.92 Å². The number of ether oxygens (including phenoxy) is 1. The molecular formula is C12H15FO3. The predicted octanol–water partition coefficient (Wildman–Crippen LogP) is 2.84. The van der Waals surface area contributed by atoms with Crippen molar-refractivity contribution in [3.05, 3.63) is 35.1 Å².